The summed E-state index contributed by atoms with van der Waals surface area (Å²) in [6.45, 7) is 7.14. The van der Waals surface area contributed by atoms with Gasteiger partial charge in [0.2, 0.25) is 0 Å². The summed E-state index contributed by atoms with van der Waals surface area (Å²) in [5.41, 5.74) is 1.24. The molecule has 0 amide bonds. The molecule has 0 saturated carbocycles. The number of nitrogens with one attached hydrogen (secondary N) is 1. The molecule has 0 radical (unpaired) electrons. The van der Waals surface area contributed by atoms with Crippen LogP contribution in [0.2, 0.25) is 0 Å². The molecule has 3 heteroatoms. The second kappa shape index (κ2) is 8.43. The van der Waals surface area contributed by atoms with Crippen molar-refractivity contribution >= 4 is 11.8 Å². The van der Waals surface area contributed by atoms with Crippen LogP contribution in [0, 0.1) is 5.92 Å². The molecule has 0 aliphatic heterocycles. The summed E-state index contributed by atoms with van der Waals surface area (Å²) >= 11 is 1.81. The number of rotatable bonds is 8. The minimum Gasteiger partial charge on any atom is -0.492 e. The topological polar surface area (TPSA) is 21.3 Å². The zero-order chi connectivity index (χ0) is 12.5. The summed E-state index contributed by atoms with van der Waals surface area (Å²) in [4.78, 5) is 0. The lowest BCUT2D eigenvalue weighted by Crippen LogP contribution is -2.19. The standard InChI is InChI=1S/C14H23NOS/c1-12(2)10-15-11-13-6-4-5-7-14(13)16-8-9-17-3/h4-7,12,15H,8-11H2,1-3H3. The van der Waals surface area contributed by atoms with Gasteiger partial charge in [-0.05, 0) is 24.8 Å². The Bertz CT molecular complexity index is 315. The first-order chi connectivity index (χ1) is 8.24. The monoisotopic (exact) mass is 253 g/mol. The highest BCUT2D eigenvalue weighted by Crippen LogP contribution is 2.17. The van der Waals surface area contributed by atoms with Crippen molar-refractivity contribution in [2.24, 2.45) is 5.92 Å². The predicted octanol–water partition coefficient (Wildman–Crippen LogP) is 3.17. The predicted molar refractivity (Wildman–Crippen MR) is 76.9 cm³/mol. The van der Waals surface area contributed by atoms with Crippen LogP contribution in [0.15, 0.2) is 24.3 Å². The van der Waals surface area contributed by atoms with Crippen molar-refractivity contribution in [1.29, 1.82) is 0 Å². The maximum atomic E-state index is 5.77. The minimum atomic E-state index is 0.680. The van der Waals surface area contributed by atoms with Crippen LogP contribution in [-0.4, -0.2) is 25.2 Å². The zero-order valence-electron chi connectivity index (χ0n) is 11.0. The van der Waals surface area contributed by atoms with Gasteiger partial charge in [-0.25, -0.2) is 0 Å². The SMILES string of the molecule is CSCCOc1ccccc1CNCC(C)C. The molecule has 17 heavy (non-hydrogen) atoms. The maximum absolute atomic E-state index is 5.77. The number of benzene rings is 1. The first-order valence-electron chi connectivity index (χ1n) is 6.14. The Morgan fingerprint density at radius 1 is 1.29 bits per heavy atom. The quantitative estimate of drug-likeness (QED) is 0.719. The van der Waals surface area contributed by atoms with E-state index >= 15 is 0 Å². The van der Waals surface area contributed by atoms with E-state index in [0.717, 1.165) is 31.2 Å². The molecular weight excluding hydrogens is 230 g/mol. The van der Waals surface area contributed by atoms with E-state index in [9.17, 15) is 0 Å². The van der Waals surface area contributed by atoms with Crippen LogP contribution in [0.25, 0.3) is 0 Å². The van der Waals surface area contributed by atoms with Crippen molar-refractivity contribution in [2.45, 2.75) is 20.4 Å². The van der Waals surface area contributed by atoms with Gasteiger partial charge in [-0.3, -0.25) is 0 Å². The third-order valence-electron chi connectivity index (χ3n) is 2.39. The molecule has 0 atom stereocenters. The fraction of sp³-hybridized carbons (Fsp3) is 0.571. The van der Waals surface area contributed by atoms with Crippen molar-refractivity contribution in [3.63, 3.8) is 0 Å². The van der Waals surface area contributed by atoms with Gasteiger partial charge < -0.3 is 10.1 Å². The van der Waals surface area contributed by atoms with E-state index in [-0.39, 0.29) is 0 Å². The summed E-state index contributed by atoms with van der Waals surface area (Å²) in [5.74, 6) is 2.73. The van der Waals surface area contributed by atoms with Gasteiger partial charge in [-0.2, -0.15) is 11.8 Å². The van der Waals surface area contributed by atoms with E-state index in [1.54, 1.807) is 0 Å². The van der Waals surface area contributed by atoms with Gasteiger partial charge in [-0.1, -0.05) is 32.0 Å². The minimum absolute atomic E-state index is 0.680. The molecule has 1 aromatic carbocycles. The van der Waals surface area contributed by atoms with Crippen LogP contribution >= 0.6 is 11.8 Å². The molecule has 0 heterocycles. The highest BCUT2D eigenvalue weighted by molar-refractivity contribution is 7.98. The smallest absolute Gasteiger partial charge is 0.123 e. The van der Waals surface area contributed by atoms with Gasteiger partial charge in [0.25, 0.3) is 0 Å². The number of para-hydroxylation sites is 1. The van der Waals surface area contributed by atoms with Gasteiger partial charge in [0.1, 0.15) is 5.75 Å². The van der Waals surface area contributed by atoms with Gasteiger partial charge in [0, 0.05) is 17.9 Å². The van der Waals surface area contributed by atoms with E-state index in [1.165, 1.54) is 5.56 Å². The van der Waals surface area contributed by atoms with Gasteiger partial charge >= 0.3 is 0 Å². The summed E-state index contributed by atoms with van der Waals surface area (Å²) in [6, 6.07) is 8.27. The zero-order valence-corrected chi connectivity index (χ0v) is 11.8. The van der Waals surface area contributed by atoms with Gasteiger partial charge in [-0.15, -0.1) is 0 Å². The van der Waals surface area contributed by atoms with Crippen LogP contribution in [0.1, 0.15) is 19.4 Å². The lowest BCUT2D eigenvalue weighted by atomic mass is 10.2. The Labute approximate surface area is 109 Å². The number of hydrogen-bond donors (Lipinski definition) is 1. The van der Waals surface area contributed by atoms with Crippen LogP contribution in [0.4, 0.5) is 0 Å². The van der Waals surface area contributed by atoms with Crippen LogP contribution in [-0.2, 0) is 6.54 Å². The van der Waals surface area contributed by atoms with Crippen molar-refractivity contribution in [3.8, 4) is 5.75 Å². The number of hydrogen-bond acceptors (Lipinski definition) is 3. The lowest BCUT2D eigenvalue weighted by molar-refractivity contribution is 0.339. The second-order valence-corrected chi connectivity index (χ2v) is 5.46. The van der Waals surface area contributed by atoms with Gasteiger partial charge in [0.15, 0.2) is 0 Å². The normalized spacial score (nSPS) is 10.8. The van der Waals surface area contributed by atoms with Crippen LogP contribution in [0.5, 0.6) is 5.75 Å². The number of ether oxygens (including phenoxy) is 1. The Kier molecular flexibility index (Phi) is 7.13. The molecule has 0 aliphatic rings. The molecule has 0 bridgehead atoms. The fourth-order valence-corrected chi connectivity index (χ4v) is 1.77. The molecule has 1 N–H and O–H groups in total. The molecule has 0 unspecified atom stereocenters. The summed E-state index contributed by atoms with van der Waals surface area (Å²) in [6.07, 6.45) is 2.10. The third-order valence-corrected chi connectivity index (χ3v) is 2.96. The largest absolute Gasteiger partial charge is 0.492 e. The molecule has 0 spiro atoms. The fourth-order valence-electron chi connectivity index (χ4n) is 1.52. The average Bonchev–Trinajstić information content (AvgIpc) is 2.31. The molecule has 0 saturated heterocycles. The maximum Gasteiger partial charge on any atom is 0.123 e. The average molecular weight is 253 g/mol. The summed E-state index contributed by atoms with van der Waals surface area (Å²) in [7, 11) is 0. The van der Waals surface area contributed by atoms with E-state index < -0.39 is 0 Å². The van der Waals surface area contributed by atoms with E-state index in [4.69, 9.17) is 4.74 Å². The molecule has 1 aromatic rings. The van der Waals surface area contributed by atoms with Crippen molar-refractivity contribution in [1.82, 2.24) is 5.32 Å². The summed E-state index contributed by atoms with van der Waals surface area (Å²) in [5, 5.41) is 3.45. The molecule has 1 rings (SSSR count). The molecule has 0 aromatic heterocycles. The Hall–Kier alpha value is -0.670. The first kappa shape index (κ1) is 14.4. The van der Waals surface area contributed by atoms with E-state index in [1.807, 2.05) is 23.9 Å². The Morgan fingerprint density at radius 2 is 2.06 bits per heavy atom. The Balaban J connectivity index is 2.46. The van der Waals surface area contributed by atoms with E-state index in [2.05, 4.69) is 37.6 Å². The summed E-state index contributed by atoms with van der Waals surface area (Å²) < 4.78 is 5.77. The van der Waals surface area contributed by atoms with Crippen molar-refractivity contribution in [2.75, 3.05) is 25.2 Å². The molecule has 2 nitrogen and oxygen atoms in total. The van der Waals surface area contributed by atoms with Crippen LogP contribution < -0.4 is 10.1 Å². The first-order valence-corrected chi connectivity index (χ1v) is 7.53. The van der Waals surface area contributed by atoms with Gasteiger partial charge in [0.05, 0.1) is 6.61 Å². The molecule has 0 fully saturated rings. The third kappa shape index (κ3) is 5.99. The Morgan fingerprint density at radius 3 is 2.76 bits per heavy atom. The lowest BCUT2D eigenvalue weighted by Gasteiger charge is -2.12. The number of thioether (sulfide) groups is 1. The molecule has 96 valence electrons. The van der Waals surface area contributed by atoms with E-state index in [0.29, 0.717) is 5.92 Å². The highest BCUT2D eigenvalue weighted by atomic mass is 32.2. The second-order valence-electron chi connectivity index (χ2n) is 4.47. The van der Waals surface area contributed by atoms with Crippen molar-refractivity contribution < 1.29 is 4.74 Å². The van der Waals surface area contributed by atoms with Crippen LogP contribution in [0.3, 0.4) is 0 Å². The molecular formula is C14H23NOS. The highest BCUT2D eigenvalue weighted by Gasteiger charge is 2.02. The molecule has 0 aliphatic carbocycles. The van der Waals surface area contributed by atoms with Crippen molar-refractivity contribution in [3.05, 3.63) is 29.8 Å².